The molecule has 2 aromatic rings. The number of hydrogen-bond donors (Lipinski definition) is 1. The van der Waals surface area contributed by atoms with Gasteiger partial charge in [0.25, 0.3) is 0 Å². The van der Waals surface area contributed by atoms with E-state index in [1.807, 2.05) is 11.7 Å². The van der Waals surface area contributed by atoms with Gasteiger partial charge in [-0.15, -0.1) is 0 Å². The Balaban J connectivity index is 2.26. The van der Waals surface area contributed by atoms with Crippen molar-refractivity contribution in [3.63, 3.8) is 0 Å². The summed E-state index contributed by atoms with van der Waals surface area (Å²) in [7, 11) is 1.97. The summed E-state index contributed by atoms with van der Waals surface area (Å²) in [6.45, 7) is 11.1. The molecule has 0 saturated carbocycles. The lowest BCUT2D eigenvalue weighted by Crippen LogP contribution is -2.34. The lowest BCUT2D eigenvalue weighted by Gasteiger charge is -2.34. The molecule has 1 N–H and O–H groups in total. The van der Waals surface area contributed by atoms with Gasteiger partial charge in [0.2, 0.25) is 0 Å². The van der Waals surface area contributed by atoms with Crippen molar-refractivity contribution >= 4 is 0 Å². The van der Waals surface area contributed by atoms with Gasteiger partial charge in [0.15, 0.2) is 0 Å². The molecule has 0 fully saturated rings. The fourth-order valence-electron chi connectivity index (χ4n) is 2.87. The summed E-state index contributed by atoms with van der Waals surface area (Å²) < 4.78 is 1.89. The number of benzene rings is 1. The Kier molecular flexibility index (Phi) is 4.52. The van der Waals surface area contributed by atoms with Crippen LogP contribution in [0.25, 0.3) is 0 Å². The standard InChI is InChI=1S/C18H27N3/c1-13(16-12-21(6)20-14(16)2)19-17(18(3,4)5)15-10-8-7-9-11-15/h7-13,17,19H,1-6H3. The molecule has 3 heteroatoms. The van der Waals surface area contributed by atoms with Crippen molar-refractivity contribution in [2.75, 3.05) is 0 Å². The smallest absolute Gasteiger partial charge is 0.0641 e. The van der Waals surface area contributed by atoms with Crippen LogP contribution in [0.15, 0.2) is 36.5 Å². The summed E-state index contributed by atoms with van der Waals surface area (Å²) in [5.74, 6) is 0. The van der Waals surface area contributed by atoms with Crippen molar-refractivity contribution in [3.05, 3.63) is 53.3 Å². The second kappa shape index (κ2) is 6.02. The molecule has 0 radical (unpaired) electrons. The predicted molar refractivity (Wildman–Crippen MR) is 88.1 cm³/mol. The van der Waals surface area contributed by atoms with Gasteiger partial charge in [-0.2, -0.15) is 5.10 Å². The molecule has 21 heavy (non-hydrogen) atoms. The van der Waals surface area contributed by atoms with Crippen LogP contribution in [0.4, 0.5) is 0 Å². The summed E-state index contributed by atoms with van der Waals surface area (Å²) in [4.78, 5) is 0. The average Bonchev–Trinajstić information content (AvgIpc) is 2.74. The monoisotopic (exact) mass is 285 g/mol. The van der Waals surface area contributed by atoms with E-state index in [0.29, 0.717) is 6.04 Å². The van der Waals surface area contributed by atoms with Gasteiger partial charge >= 0.3 is 0 Å². The van der Waals surface area contributed by atoms with Gasteiger partial charge < -0.3 is 5.32 Å². The van der Waals surface area contributed by atoms with Crippen molar-refractivity contribution in [1.82, 2.24) is 15.1 Å². The van der Waals surface area contributed by atoms with E-state index in [-0.39, 0.29) is 11.5 Å². The number of aryl methyl sites for hydroxylation is 2. The third-order valence-electron chi connectivity index (χ3n) is 3.93. The Hall–Kier alpha value is -1.61. The third-order valence-corrected chi connectivity index (χ3v) is 3.93. The van der Waals surface area contributed by atoms with E-state index < -0.39 is 0 Å². The fourth-order valence-corrected chi connectivity index (χ4v) is 2.87. The number of hydrogen-bond acceptors (Lipinski definition) is 2. The van der Waals surface area contributed by atoms with E-state index in [1.54, 1.807) is 0 Å². The van der Waals surface area contributed by atoms with E-state index in [4.69, 9.17) is 0 Å². The largest absolute Gasteiger partial charge is 0.303 e. The molecule has 0 aliphatic rings. The van der Waals surface area contributed by atoms with Crippen molar-refractivity contribution in [2.24, 2.45) is 12.5 Å². The Morgan fingerprint density at radius 1 is 1.14 bits per heavy atom. The molecule has 2 atom stereocenters. The van der Waals surface area contributed by atoms with Crippen LogP contribution in [-0.2, 0) is 7.05 Å². The van der Waals surface area contributed by atoms with Crippen LogP contribution in [0.3, 0.4) is 0 Å². The van der Waals surface area contributed by atoms with Crippen molar-refractivity contribution in [1.29, 1.82) is 0 Å². The van der Waals surface area contributed by atoms with Gasteiger partial charge in [-0.05, 0) is 24.8 Å². The maximum absolute atomic E-state index is 4.45. The molecule has 0 saturated heterocycles. The first-order chi connectivity index (χ1) is 9.79. The molecule has 0 bridgehead atoms. The second-order valence-corrected chi connectivity index (χ2v) is 6.94. The minimum absolute atomic E-state index is 0.145. The van der Waals surface area contributed by atoms with Gasteiger partial charge in [0, 0.05) is 30.9 Å². The molecule has 1 aromatic heterocycles. The molecule has 1 aromatic carbocycles. The molecule has 2 unspecified atom stereocenters. The summed E-state index contributed by atoms with van der Waals surface area (Å²) in [6.07, 6.45) is 2.11. The van der Waals surface area contributed by atoms with Crippen LogP contribution < -0.4 is 5.32 Å². The van der Waals surface area contributed by atoms with Crippen molar-refractivity contribution in [2.45, 2.75) is 46.7 Å². The zero-order valence-corrected chi connectivity index (χ0v) is 14.0. The zero-order chi connectivity index (χ0) is 15.6. The first-order valence-corrected chi connectivity index (χ1v) is 7.60. The van der Waals surface area contributed by atoms with E-state index in [2.05, 4.69) is 81.6 Å². The molecule has 0 aliphatic carbocycles. The summed E-state index contributed by atoms with van der Waals surface area (Å²) in [5, 5.41) is 8.24. The first-order valence-electron chi connectivity index (χ1n) is 7.60. The van der Waals surface area contributed by atoms with Gasteiger partial charge in [-0.25, -0.2) is 0 Å². The maximum atomic E-state index is 4.45. The number of nitrogens with zero attached hydrogens (tertiary/aromatic N) is 2. The Bertz CT molecular complexity index is 578. The molecule has 1 heterocycles. The third kappa shape index (κ3) is 3.73. The number of nitrogens with one attached hydrogen (secondary N) is 1. The molecule has 0 amide bonds. The van der Waals surface area contributed by atoms with Crippen LogP contribution in [0.5, 0.6) is 0 Å². The first kappa shape index (κ1) is 15.8. The minimum atomic E-state index is 0.145. The SMILES string of the molecule is Cc1nn(C)cc1C(C)NC(c1ccccc1)C(C)(C)C. The fraction of sp³-hybridized carbons (Fsp3) is 0.500. The molecular weight excluding hydrogens is 258 g/mol. The van der Waals surface area contributed by atoms with Crippen LogP contribution >= 0.6 is 0 Å². The summed E-state index contributed by atoms with van der Waals surface area (Å²) in [5.41, 5.74) is 3.84. The van der Waals surface area contributed by atoms with Crippen molar-refractivity contribution in [3.8, 4) is 0 Å². The maximum Gasteiger partial charge on any atom is 0.0641 e. The molecule has 114 valence electrons. The summed E-state index contributed by atoms with van der Waals surface area (Å²) >= 11 is 0. The normalized spacial score (nSPS) is 15.0. The lowest BCUT2D eigenvalue weighted by atomic mass is 9.81. The predicted octanol–water partition coefficient (Wildman–Crippen LogP) is 4.17. The van der Waals surface area contributed by atoms with Crippen molar-refractivity contribution < 1.29 is 0 Å². The highest BCUT2D eigenvalue weighted by atomic mass is 15.3. The Morgan fingerprint density at radius 2 is 1.76 bits per heavy atom. The highest BCUT2D eigenvalue weighted by molar-refractivity contribution is 5.24. The second-order valence-electron chi connectivity index (χ2n) is 6.94. The quantitative estimate of drug-likeness (QED) is 0.914. The zero-order valence-electron chi connectivity index (χ0n) is 14.0. The molecule has 0 aliphatic heterocycles. The number of rotatable bonds is 4. The molecule has 2 rings (SSSR count). The summed E-state index contributed by atoms with van der Waals surface area (Å²) in [6, 6.07) is 11.2. The topological polar surface area (TPSA) is 29.9 Å². The average molecular weight is 285 g/mol. The highest BCUT2D eigenvalue weighted by Crippen LogP contribution is 2.35. The number of aromatic nitrogens is 2. The molecule has 0 spiro atoms. The van der Waals surface area contributed by atoms with Crippen LogP contribution in [0, 0.1) is 12.3 Å². The van der Waals surface area contributed by atoms with Gasteiger partial charge in [0.05, 0.1) is 5.69 Å². The van der Waals surface area contributed by atoms with Gasteiger partial charge in [0.1, 0.15) is 0 Å². The van der Waals surface area contributed by atoms with E-state index >= 15 is 0 Å². The van der Waals surface area contributed by atoms with E-state index in [9.17, 15) is 0 Å². The van der Waals surface area contributed by atoms with Gasteiger partial charge in [-0.3, -0.25) is 4.68 Å². The molecular formula is C18H27N3. The van der Waals surface area contributed by atoms with Crippen LogP contribution in [0.2, 0.25) is 0 Å². The van der Waals surface area contributed by atoms with Crippen LogP contribution in [0.1, 0.15) is 56.6 Å². The van der Waals surface area contributed by atoms with E-state index in [1.165, 1.54) is 11.1 Å². The minimum Gasteiger partial charge on any atom is -0.303 e. The Morgan fingerprint density at radius 3 is 2.24 bits per heavy atom. The van der Waals surface area contributed by atoms with Gasteiger partial charge in [-0.1, -0.05) is 51.1 Å². The van der Waals surface area contributed by atoms with Crippen LogP contribution in [-0.4, -0.2) is 9.78 Å². The highest BCUT2D eigenvalue weighted by Gasteiger charge is 2.28. The van der Waals surface area contributed by atoms with E-state index in [0.717, 1.165) is 5.69 Å². The Labute approximate surface area is 128 Å². The lowest BCUT2D eigenvalue weighted by molar-refractivity contribution is 0.254. The molecule has 3 nitrogen and oxygen atoms in total.